The van der Waals surface area contributed by atoms with Crippen LogP contribution in [0, 0.1) is 23.2 Å². The first-order valence-corrected chi connectivity index (χ1v) is 8.96. The average Bonchev–Trinajstić information content (AvgIpc) is 2.59. The lowest BCUT2D eigenvalue weighted by Crippen LogP contribution is -2.51. The lowest BCUT2D eigenvalue weighted by molar-refractivity contribution is -0.164. The number of carbonyl (C=O) groups excluding carboxylic acids is 2. The van der Waals surface area contributed by atoms with Gasteiger partial charge in [0.25, 0.3) is 0 Å². The number of allylic oxidation sites excluding steroid dienone is 1. The molecule has 0 spiro atoms. The maximum atomic E-state index is 12.6. The summed E-state index contributed by atoms with van der Waals surface area (Å²) < 4.78 is 9.81. The van der Waals surface area contributed by atoms with E-state index < -0.39 is 5.41 Å². The summed E-state index contributed by atoms with van der Waals surface area (Å²) in [6, 6.07) is 0. The highest BCUT2D eigenvalue weighted by Gasteiger charge is 2.53. The number of aliphatic hydroxyl groups is 1. The Kier molecular flexibility index (Phi) is 6.44. The van der Waals surface area contributed by atoms with Gasteiger partial charge in [0.1, 0.15) is 0 Å². The lowest BCUT2D eigenvalue weighted by atomic mass is 9.55. The second-order valence-electron chi connectivity index (χ2n) is 7.27. The third kappa shape index (κ3) is 3.66. The molecule has 0 amide bonds. The molecule has 0 aromatic rings. The van der Waals surface area contributed by atoms with Crippen LogP contribution in [0.15, 0.2) is 12.2 Å². The minimum absolute atomic E-state index is 0.0363. The number of esters is 2. The molecule has 2 aliphatic rings. The van der Waals surface area contributed by atoms with Crippen LogP contribution in [0.5, 0.6) is 0 Å². The van der Waals surface area contributed by atoms with Crippen molar-refractivity contribution in [1.82, 2.24) is 0 Å². The second kappa shape index (κ2) is 8.15. The fourth-order valence-corrected chi connectivity index (χ4v) is 4.55. The lowest BCUT2D eigenvalue weighted by Gasteiger charge is -2.49. The van der Waals surface area contributed by atoms with E-state index >= 15 is 0 Å². The van der Waals surface area contributed by atoms with Crippen molar-refractivity contribution in [2.24, 2.45) is 23.2 Å². The second-order valence-corrected chi connectivity index (χ2v) is 7.27. The Hall–Kier alpha value is -1.36. The normalized spacial score (nSPS) is 35.2. The number of unbranched alkanes of at least 4 members (excludes halogenated alkanes) is 1. The van der Waals surface area contributed by atoms with Crippen molar-refractivity contribution < 1.29 is 24.2 Å². The molecule has 5 nitrogen and oxygen atoms in total. The minimum atomic E-state index is -0.610. The number of hydrogen-bond acceptors (Lipinski definition) is 5. The zero-order chi connectivity index (χ0) is 17.7. The van der Waals surface area contributed by atoms with Gasteiger partial charge in [-0.15, -0.1) is 0 Å². The molecule has 0 heterocycles. The number of fused-ring (bicyclic) bond motifs is 1. The smallest absolute Gasteiger partial charge is 0.312 e. The van der Waals surface area contributed by atoms with Crippen molar-refractivity contribution in [2.75, 3.05) is 14.2 Å². The summed E-state index contributed by atoms with van der Waals surface area (Å²) in [7, 11) is 2.84. The molecule has 5 heteroatoms. The summed E-state index contributed by atoms with van der Waals surface area (Å²) in [6.45, 7) is 1.99. The SMILES string of the molecule is COC(=O)CCCCC1C=CC2C(O)CCCC2C1(C)C(=O)OC. The van der Waals surface area contributed by atoms with Gasteiger partial charge in [-0.3, -0.25) is 9.59 Å². The molecular formula is C19H30O5. The molecule has 0 bridgehead atoms. The zero-order valence-corrected chi connectivity index (χ0v) is 15.0. The van der Waals surface area contributed by atoms with Gasteiger partial charge in [0, 0.05) is 12.3 Å². The zero-order valence-electron chi connectivity index (χ0n) is 15.0. The van der Waals surface area contributed by atoms with E-state index in [2.05, 4.69) is 16.9 Å². The molecule has 136 valence electrons. The third-order valence-corrected chi connectivity index (χ3v) is 6.03. The Labute approximate surface area is 144 Å². The van der Waals surface area contributed by atoms with Gasteiger partial charge in [0.05, 0.1) is 25.7 Å². The van der Waals surface area contributed by atoms with Crippen LogP contribution in [0.4, 0.5) is 0 Å². The van der Waals surface area contributed by atoms with Crippen molar-refractivity contribution >= 4 is 11.9 Å². The first-order chi connectivity index (χ1) is 11.4. The fourth-order valence-electron chi connectivity index (χ4n) is 4.55. The number of aliphatic hydroxyl groups excluding tert-OH is 1. The van der Waals surface area contributed by atoms with Gasteiger partial charge in [-0.05, 0) is 44.4 Å². The number of rotatable bonds is 6. The molecule has 0 aliphatic heterocycles. The van der Waals surface area contributed by atoms with Crippen LogP contribution in [0.1, 0.15) is 51.9 Å². The van der Waals surface area contributed by atoms with Crippen LogP contribution >= 0.6 is 0 Å². The molecule has 2 aliphatic carbocycles. The highest BCUT2D eigenvalue weighted by molar-refractivity contribution is 5.78. The van der Waals surface area contributed by atoms with Gasteiger partial charge in [-0.1, -0.05) is 25.0 Å². The number of hydrogen-bond donors (Lipinski definition) is 1. The maximum Gasteiger partial charge on any atom is 0.312 e. The van der Waals surface area contributed by atoms with Gasteiger partial charge in [-0.2, -0.15) is 0 Å². The standard InChI is InChI=1S/C19H30O5/c1-19(18(22)24-3)13(7-4-5-10-17(21)23-2)11-12-14-15(19)8-6-9-16(14)20/h11-16,20H,4-10H2,1-3H3. The van der Waals surface area contributed by atoms with Gasteiger partial charge < -0.3 is 14.6 Å². The Balaban J connectivity index is 2.11. The van der Waals surface area contributed by atoms with E-state index in [0.29, 0.717) is 6.42 Å². The highest BCUT2D eigenvalue weighted by Crippen LogP contribution is 2.52. The highest BCUT2D eigenvalue weighted by atomic mass is 16.5. The molecular weight excluding hydrogens is 308 g/mol. The molecule has 1 fully saturated rings. The first kappa shape index (κ1) is 19.0. The molecule has 24 heavy (non-hydrogen) atoms. The molecule has 5 atom stereocenters. The van der Waals surface area contributed by atoms with Crippen molar-refractivity contribution in [1.29, 1.82) is 0 Å². The molecule has 0 saturated heterocycles. The first-order valence-electron chi connectivity index (χ1n) is 8.96. The van der Waals surface area contributed by atoms with Gasteiger partial charge in [0.2, 0.25) is 0 Å². The molecule has 0 aromatic heterocycles. The fraction of sp³-hybridized carbons (Fsp3) is 0.789. The van der Waals surface area contributed by atoms with E-state index in [4.69, 9.17) is 4.74 Å². The van der Waals surface area contributed by atoms with Gasteiger partial charge >= 0.3 is 11.9 Å². The number of methoxy groups -OCH3 is 2. The molecule has 0 aromatic carbocycles. The van der Waals surface area contributed by atoms with Crippen molar-refractivity contribution in [3.63, 3.8) is 0 Å². The Bertz CT molecular complexity index is 486. The van der Waals surface area contributed by atoms with Crippen molar-refractivity contribution in [3.05, 3.63) is 12.2 Å². The van der Waals surface area contributed by atoms with Crippen LogP contribution in [0.25, 0.3) is 0 Å². The quantitative estimate of drug-likeness (QED) is 0.458. The van der Waals surface area contributed by atoms with Crippen LogP contribution in [-0.2, 0) is 19.1 Å². The molecule has 1 N–H and O–H groups in total. The minimum Gasteiger partial charge on any atom is -0.469 e. The van der Waals surface area contributed by atoms with E-state index in [0.717, 1.165) is 38.5 Å². The predicted octanol–water partition coefficient (Wildman–Crippen LogP) is 2.86. The maximum absolute atomic E-state index is 12.6. The summed E-state index contributed by atoms with van der Waals surface area (Å²) in [5, 5.41) is 10.3. The van der Waals surface area contributed by atoms with Crippen molar-refractivity contribution in [2.45, 2.75) is 58.0 Å². The summed E-state index contributed by atoms with van der Waals surface area (Å²) in [4.78, 5) is 23.9. The van der Waals surface area contributed by atoms with Crippen LogP contribution < -0.4 is 0 Å². The van der Waals surface area contributed by atoms with Gasteiger partial charge in [0.15, 0.2) is 0 Å². The largest absolute Gasteiger partial charge is 0.469 e. The summed E-state index contributed by atoms with van der Waals surface area (Å²) >= 11 is 0. The number of ether oxygens (including phenoxy) is 2. The monoisotopic (exact) mass is 338 g/mol. The molecule has 2 rings (SSSR count). The van der Waals surface area contributed by atoms with E-state index in [9.17, 15) is 14.7 Å². The summed E-state index contributed by atoms with van der Waals surface area (Å²) in [6.07, 6.45) is 9.35. The van der Waals surface area contributed by atoms with E-state index in [-0.39, 0.29) is 35.8 Å². The molecule has 1 saturated carbocycles. The van der Waals surface area contributed by atoms with E-state index in [1.807, 2.05) is 6.92 Å². The third-order valence-electron chi connectivity index (χ3n) is 6.03. The van der Waals surface area contributed by atoms with Gasteiger partial charge in [-0.25, -0.2) is 0 Å². The topological polar surface area (TPSA) is 72.8 Å². The Morgan fingerprint density at radius 1 is 1.17 bits per heavy atom. The van der Waals surface area contributed by atoms with E-state index in [1.54, 1.807) is 0 Å². The Morgan fingerprint density at radius 3 is 2.58 bits per heavy atom. The molecule has 5 unspecified atom stereocenters. The number of carbonyl (C=O) groups is 2. The van der Waals surface area contributed by atoms with Crippen LogP contribution in [0.3, 0.4) is 0 Å². The van der Waals surface area contributed by atoms with E-state index in [1.165, 1.54) is 14.2 Å². The summed E-state index contributed by atoms with van der Waals surface area (Å²) in [5.74, 6) is -0.151. The average molecular weight is 338 g/mol. The predicted molar refractivity (Wildman–Crippen MR) is 90.1 cm³/mol. The van der Waals surface area contributed by atoms with Crippen molar-refractivity contribution in [3.8, 4) is 0 Å². The summed E-state index contributed by atoms with van der Waals surface area (Å²) in [5.41, 5.74) is -0.610. The van der Waals surface area contributed by atoms with Crippen LogP contribution in [0.2, 0.25) is 0 Å². The van der Waals surface area contributed by atoms with Crippen LogP contribution in [-0.4, -0.2) is 37.4 Å². The molecule has 0 radical (unpaired) electrons. The Morgan fingerprint density at radius 2 is 1.92 bits per heavy atom.